The van der Waals surface area contributed by atoms with Crippen LogP contribution in [0.3, 0.4) is 0 Å². The summed E-state index contributed by atoms with van der Waals surface area (Å²) in [5, 5.41) is 9.70. The highest BCUT2D eigenvalue weighted by atomic mass is 16.5. The number of ether oxygens (including phenoxy) is 1. The SMILES string of the molecule is Cc1cc(C)cc(OCCC(O)C2CC2)c1. The summed E-state index contributed by atoms with van der Waals surface area (Å²) in [7, 11) is 0. The third-order valence-corrected chi connectivity index (χ3v) is 3.04. The van der Waals surface area contributed by atoms with Gasteiger partial charge in [-0.2, -0.15) is 0 Å². The zero-order valence-corrected chi connectivity index (χ0v) is 10.1. The molecule has 1 fully saturated rings. The van der Waals surface area contributed by atoms with Crippen LogP contribution in [0, 0.1) is 19.8 Å². The van der Waals surface area contributed by atoms with Gasteiger partial charge in [0.1, 0.15) is 5.75 Å². The van der Waals surface area contributed by atoms with Crippen molar-refractivity contribution in [1.82, 2.24) is 0 Å². The first-order valence-corrected chi connectivity index (χ1v) is 6.04. The predicted molar refractivity (Wildman–Crippen MR) is 64.8 cm³/mol. The molecule has 1 aromatic rings. The summed E-state index contributed by atoms with van der Waals surface area (Å²) < 4.78 is 5.66. The van der Waals surface area contributed by atoms with E-state index in [9.17, 15) is 5.11 Å². The van der Waals surface area contributed by atoms with Crippen molar-refractivity contribution in [3.8, 4) is 5.75 Å². The molecule has 1 N–H and O–H groups in total. The van der Waals surface area contributed by atoms with Crippen LogP contribution in [0.2, 0.25) is 0 Å². The highest BCUT2D eigenvalue weighted by Crippen LogP contribution is 2.33. The Labute approximate surface area is 97.3 Å². The van der Waals surface area contributed by atoms with Crippen LogP contribution >= 0.6 is 0 Å². The Morgan fingerprint density at radius 3 is 2.44 bits per heavy atom. The molecule has 1 aliphatic carbocycles. The van der Waals surface area contributed by atoms with Gasteiger partial charge < -0.3 is 9.84 Å². The fourth-order valence-electron chi connectivity index (χ4n) is 2.03. The lowest BCUT2D eigenvalue weighted by atomic mass is 10.1. The molecule has 0 radical (unpaired) electrons. The first-order valence-electron chi connectivity index (χ1n) is 6.04. The summed E-state index contributed by atoms with van der Waals surface area (Å²) >= 11 is 0. The summed E-state index contributed by atoms with van der Waals surface area (Å²) in [6.45, 7) is 4.75. The molecule has 1 unspecified atom stereocenters. The molecule has 2 heteroatoms. The van der Waals surface area contributed by atoms with E-state index in [4.69, 9.17) is 4.74 Å². The van der Waals surface area contributed by atoms with Crippen molar-refractivity contribution in [3.05, 3.63) is 29.3 Å². The number of aliphatic hydroxyl groups excluding tert-OH is 1. The zero-order chi connectivity index (χ0) is 11.5. The van der Waals surface area contributed by atoms with E-state index in [0.29, 0.717) is 12.5 Å². The quantitative estimate of drug-likeness (QED) is 0.826. The van der Waals surface area contributed by atoms with Gasteiger partial charge in [-0.3, -0.25) is 0 Å². The second-order valence-electron chi connectivity index (χ2n) is 4.87. The van der Waals surface area contributed by atoms with Crippen molar-refractivity contribution in [2.75, 3.05) is 6.61 Å². The molecule has 0 aromatic heterocycles. The maximum atomic E-state index is 9.70. The second kappa shape index (κ2) is 4.88. The molecule has 1 aromatic carbocycles. The average Bonchev–Trinajstić information content (AvgIpc) is 2.98. The molecule has 1 atom stereocenters. The molecule has 1 aliphatic rings. The minimum atomic E-state index is -0.161. The van der Waals surface area contributed by atoms with Gasteiger partial charge in [0.15, 0.2) is 0 Å². The normalized spacial score (nSPS) is 17.2. The van der Waals surface area contributed by atoms with Gasteiger partial charge in [-0.15, -0.1) is 0 Å². The van der Waals surface area contributed by atoms with Crippen LogP contribution in [0.5, 0.6) is 5.75 Å². The Morgan fingerprint density at radius 2 is 1.88 bits per heavy atom. The minimum Gasteiger partial charge on any atom is -0.493 e. The molecular weight excluding hydrogens is 200 g/mol. The number of hydrogen-bond donors (Lipinski definition) is 1. The van der Waals surface area contributed by atoms with Crippen LogP contribution in [-0.2, 0) is 0 Å². The van der Waals surface area contributed by atoms with Crippen LogP contribution in [0.15, 0.2) is 18.2 Å². The predicted octanol–water partition coefficient (Wildman–Crippen LogP) is 2.84. The summed E-state index contributed by atoms with van der Waals surface area (Å²) in [5.41, 5.74) is 2.44. The van der Waals surface area contributed by atoms with Gasteiger partial charge in [-0.05, 0) is 55.9 Å². The molecule has 0 heterocycles. The Kier molecular flexibility index (Phi) is 3.49. The van der Waals surface area contributed by atoms with Crippen molar-refractivity contribution < 1.29 is 9.84 Å². The fourth-order valence-corrected chi connectivity index (χ4v) is 2.03. The Balaban J connectivity index is 1.79. The standard InChI is InChI=1S/C14H20O2/c1-10-7-11(2)9-13(8-10)16-6-5-14(15)12-3-4-12/h7-9,12,14-15H,3-6H2,1-2H3. The van der Waals surface area contributed by atoms with E-state index >= 15 is 0 Å². The smallest absolute Gasteiger partial charge is 0.119 e. The molecule has 0 spiro atoms. The van der Waals surface area contributed by atoms with Gasteiger partial charge in [0.2, 0.25) is 0 Å². The first-order chi connectivity index (χ1) is 7.65. The number of rotatable bonds is 5. The summed E-state index contributed by atoms with van der Waals surface area (Å²) in [6.07, 6.45) is 2.96. The maximum Gasteiger partial charge on any atom is 0.119 e. The topological polar surface area (TPSA) is 29.5 Å². The highest BCUT2D eigenvalue weighted by molar-refractivity contribution is 5.32. The summed E-state index contributed by atoms with van der Waals surface area (Å²) in [6, 6.07) is 6.21. The third-order valence-electron chi connectivity index (χ3n) is 3.04. The van der Waals surface area contributed by atoms with Crippen molar-refractivity contribution in [2.45, 2.75) is 39.2 Å². The number of hydrogen-bond acceptors (Lipinski definition) is 2. The molecule has 88 valence electrons. The van der Waals surface area contributed by atoms with Gasteiger partial charge in [0.25, 0.3) is 0 Å². The van der Waals surface area contributed by atoms with E-state index in [1.54, 1.807) is 0 Å². The highest BCUT2D eigenvalue weighted by Gasteiger charge is 2.29. The lowest BCUT2D eigenvalue weighted by Crippen LogP contribution is -2.13. The van der Waals surface area contributed by atoms with E-state index in [-0.39, 0.29) is 6.10 Å². The van der Waals surface area contributed by atoms with Gasteiger partial charge in [-0.1, -0.05) is 6.07 Å². The van der Waals surface area contributed by atoms with Crippen molar-refractivity contribution in [3.63, 3.8) is 0 Å². The average molecular weight is 220 g/mol. The van der Waals surface area contributed by atoms with Crippen molar-refractivity contribution in [2.24, 2.45) is 5.92 Å². The number of aliphatic hydroxyl groups is 1. The molecule has 16 heavy (non-hydrogen) atoms. The van der Waals surface area contributed by atoms with Crippen molar-refractivity contribution in [1.29, 1.82) is 0 Å². The largest absolute Gasteiger partial charge is 0.493 e. The van der Waals surface area contributed by atoms with Gasteiger partial charge in [-0.25, -0.2) is 0 Å². The fraction of sp³-hybridized carbons (Fsp3) is 0.571. The maximum absolute atomic E-state index is 9.70. The van der Waals surface area contributed by atoms with Crippen LogP contribution in [-0.4, -0.2) is 17.8 Å². The van der Waals surface area contributed by atoms with Crippen LogP contribution in [0.1, 0.15) is 30.4 Å². The Morgan fingerprint density at radius 1 is 1.25 bits per heavy atom. The molecule has 2 nitrogen and oxygen atoms in total. The lowest BCUT2D eigenvalue weighted by Gasteiger charge is -2.11. The van der Waals surface area contributed by atoms with E-state index in [1.165, 1.54) is 24.0 Å². The monoisotopic (exact) mass is 220 g/mol. The lowest BCUT2D eigenvalue weighted by molar-refractivity contribution is 0.119. The van der Waals surface area contributed by atoms with E-state index in [0.717, 1.165) is 12.2 Å². The molecule has 0 saturated heterocycles. The molecule has 0 amide bonds. The molecule has 1 saturated carbocycles. The van der Waals surface area contributed by atoms with E-state index in [2.05, 4.69) is 19.9 Å². The van der Waals surface area contributed by atoms with Crippen molar-refractivity contribution >= 4 is 0 Å². The van der Waals surface area contributed by atoms with Gasteiger partial charge in [0.05, 0.1) is 12.7 Å². The number of benzene rings is 1. The first kappa shape index (κ1) is 11.5. The minimum absolute atomic E-state index is 0.161. The van der Waals surface area contributed by atoms with Crippen LogP contribution < -0.4 is 4.74 Å². The Hall–Kier alpha value is -1.02. The molecular formula is C14H20O2. The molecule has 0 bridgehead atoms. The van der Waals surface area contributed by atoms with Gasteiger partial charge in [0, 0.05) is 6.42 Å². The Bertz CT molecular complexity index is 336. The third kappa shape index (κ3) is 3.24. The summed E-state index contributed by atoms with van der Waals surface area (Å²) in [5.74, 6) is 1.46. The molecule has 0 aliphatic heterocycles. The number of aryl methyl sites for hydroxylation is 2. The van der Waals surface area contributed by atoms with Crippen LogP contribution in [0.4, 0.5) is 0 Å². The van der Waals surface area contributed by atoms with E-state index in [1.807, 2.05) is 12.1 Å². The van der Waals surface area contributed by atoms with Crippen LogP contribution in [0.25, 0.3) is 0 Å². The second-order valence-corrected chi connectivity index (χ2v) is 4.87. The van der Waals surface area contributed by atoms with Gasteiger partial charge >= 0.3 is 0 Å². The molecule has 2 rings (SSSR count). The van der Waals surface area contributed by atoms with E-state index < -0.39 is 0 Å². The zero-order valence-electron chi connectivity index (χ0n) is 10.1. The summed E-state index contributed by atoms with van der Waals surface area (Å²) in [4.78, 5) is 0.